The van der Waals surface area contributed by atoms with Crippen LogP contribution in [0.3, 0.4) is 0 Å². The average Bonchev–Trinajstić information content (AvgIpc) is 2.54. The quantitative estimate of drug-likeness (QED) is 0.689. The van der Waals surface area contributed by atoms with E-state index >= 15 is 0 Å². The summed E-state index contributed by atoms with van der Waals surface area (Å²) >= 11 is 7.41. The number of nitrogens with one attached hydrogen (secondary N) is 2. The van der Waals surface area contributed by atoms with Crippen molar-refractivity contribution in [2.75, 3.05) is 11.1 Å². The van der Waals surface area contributed by atoms with Gasteiger partial charge in [0.25, 0.3) is 0 Å². The van der Waals surface area contributed by atoms with E-state index in [0.717, 1.165) is 5.56 Å². The Labute approximate surface area is 163 Å². The van der Waals surface area contributed by atoms with Gasteiger partial charge in [-0.3, -0.25) is 4.79 Å². The summed E-state index contributed by atoms with van der Waals surface area (Å²) in [6.45, 7) is 3.51. The number of benzene rings is 2. The van der Waals surface area contributed by atoms with E-state index in [9.17, 15) is 13.2 Å². The molecule has 0 aliphatic carbocycles. The van der Waals surface area contributed by atoms with E-state index in [2.05, 4.69) is 10.0 Å². The Hall–Kier alpha value is -1.54. The molecule has 8 heteroatoms. The number of anilines is 1. The smallest absolute Gasteiger partial charge is 0.240 e. The Kier molecular flexibility index (Phi) is 7.52. The van der Waals surface area contributed by atoms with E-state index in [4.69, 9.17) is 11.6 Å². The molecule has 0 aliphatic rings. The second kappa shape index (κ2) is 9.41. The molecule has 0 aromatic heterocycles. The van der Waals surface area contributed by atoms with Gasteiger partial charge in [0.2, 0.25) is 15.9 Å². The maximum absolute atomic E-state index is 12.1. The van der Waals surface area contributed by atoms with Crippen LogP contribution in [-0.2, 0) is 20.6 Å². The summed E-state index contributed by atoms with van der Waals surface area (Å²) < 4.78 is 26.6. The van der Waals surface area contributed by atoms with Crippen LogP contribution in [0.25, 0.3) is 0 Å². The minimum absolute atomic E-state index is 0.145. The first kappa shape index (κ1) is 20.8. The van der Waals surface area contributed by atoms with Crippen LogP contribution in [0.1, 0.15) is 19.4 Å². The summed E-state index contributed by atoms with van der Waals surface area (Å²) in [5, 5.41) is 3.43. The predicted molar refractivity (Wildman–Crippen MR) is 108 cm³/mol. The molecule has 0 unspecified atom stereocenters. The van der Waals surface area contributed by atoms with Gasteiger partial charge in [-0.25, -0.2) is 13.1 Å². The van der Waals surface area contributed by atoms with Gasteiger partial charge in [-0.1, -0.05) is 23.7 Å². The standard InChI is InChI=1S/C18H21ClN2O3S2/c1-13(2)21-26(23,24)17-8-6-16(7-9-17)20-18(22)12-25-11-14-4-3-5-15(19)10-14/h3-10,13,21H,11-12H2,1-2H3,(H,20,22). The van der Waals surface area contributed by atoms with E-state index in [-0.39, 0.29) is 16.8 Å². The molecular formula is C18H21ClN2O3S2. The van der Waals surface area contributed by atoms with Gasteiger partial charge in [0.15, 0.2) is 0 Å². The molecule has 5 nitrogen and oxygen atoms in total. The summed E-state index contributed by atoms with van der Waals surface area (Å²) in [7, 11) is -3.53. The lowest BCUT2D eigenvalue weighted by Crippen LogP contribution is -2.30. The summed E-state index contributed by atoms with van der Waals surface area (Å²) in [5.74, 6) is 0.834. The number of thioether (sulfide) groups is 1. The monoisotopic (exact) mass is 412 g/mol. The fourth-order valence-corrected chi connectivity index (χ4v) is 4.42. The highest BCUT2D eigenvalue weighted by Crippen LogP contribution is 2.18. The van der Waals surface area contributed by atoms with Crippen molar-refractivity contribution in [2.24, 2.45) is 0 Å². The molecule has 26 heavy (non-hydrogen) atoms. The molecule has 0 spiro atoms. The van der Waals surface area contributed by atoms with Crippen LogP contribution < -0.4 is 10.0 Å². The third-order valence-electron chi connectivity index (χ3n) is 3.23. The molecule has 0 radical (unpaired) electrons. The highest BCUT2D eigenvalue weighted by atomic mass is 35.5. The minimum atomic E-state index is -3.53. The van der Waals surface area contributed by atoms with E-state index in [1.807, 2.05) is 24.3 Å². The third kappa shape index (κ3) is 6.64. The molecular weight excluding hydrogens is 392 g/mol. The molecule has 0 fully saturated rings. The van der Waals surface area contributed by atoms with E-state index in [1.54, 1.807) is 26.0 Å². The van der Waals surface area contributed by atoms with Gasteiger partial charge in [-0.2, -0.15) is 0 Å². The number of carbonyl (C=O) groups is 1. The maximum atomic E-state index is 12.1. The van der Waals surface area contributed by atoms with Crippen molar-refractivity contribution < 1.29 is 13.2 Å². The van der Waals surface area contributed by atoms with Crippen molar-refractivity contribution in [3.05, 3.63) is 59.1 Å². The number of hydrogen-bond acceptors (Lipinski definition) is 4. The van der Waals surface area contributed by atoms with E-state index < -0.39 is 10.0 Å². The minimum Gasteiger partial charge on any atom is -0.325 e. The second-order valence-electron chi connectivity index (χ2n) is 5.97. The predicted octanol–water partition coefficient (Wildman–Crippen LogP) is 3.90. The molecule has 2 N–H and O–H groups in total. The Morgan fingerprint density at radius 1 is 1.15 bits per heavy atom. The fourth-order valence-electron chi connectivity index (χ4n) is 2.18. The number of sulfonamides is 1. The zero-order chi connectivity index (χ0) is 19.2. The summed E-state index contributed by atoms with van der Waals surface area (Å²) in [4.78, 5) is 12.2. The maximum Gasteiger partial charge on any atom is 0.240 e. The number of halogens is 1. The highest BCUT2D eigenvalue weighted by Gasteiger charge is 2.15. The summed E-state index contributed by atoms with van der Waals surface area (Å²) in [6, 6.07) is 13.4. The number of rotatable bonds is 8. The molecule has 2 aromatic carbocycles. The number of carbonyl (C=O) groups excluding carboxylic acids is 1. The van der Waals surface area contributed by atoms with Crippen molar-refractivity contribution >= 4 is 45.0 Å². The topological polar surface area (TPSA) is 75.3 Å². The van der Waals surface area contributed by atoms with Crippen LogP contribution in [0.2, 0.25) is 5.02 Å². The SMILES string of the molecule is CC(C)NS(=O)(=O)c1ccc(NC(=O)CSCc2cccc(Cl)c2)cc1. The van der Waals surface area contributed by atoms with Gasteiger partial charge in [0.1, 0.15) is 0 Å². The lowest BCUT2D eigenvalue weighted by atomic mass is 10.2. The van der Waals surface area contributed by atoms with E-state index in [1.165, 1.54) is 23.9 Å². The van der Waals surface area contributed by atoms with Crippen molar-refractivity contribution in [1.82, 2.24) is 4.72 Å². The van der Waals surface area contributed by atoms with Crippen molar-refractivity contribution in [2.45, 2.75) is 30.5 Å². The molecule has 2 aromatic rings. The van der Waals surface area contributed by atoms with Gasteiger partial charge in [-0.05, 0) is 55.8 Å². The van der Waals surface area contributed by atoms with Crippen LogP contribution in [0, 0.1) is 0 Å². The zero-order valence-corrected chi connectivity index (χ0v) is 16.9. The summed E-state index contributed by atoms with van der Waals surface area (Å²) in [6.07, 6.45) is 0. The third-order valence-corrected chi connectivity index (χ3v) is 6.14. The van der Waals surface area contributed by atoms with Gasteiger partial charge >= 0.3 is 0 Å². The van der Waals surface area contributed by atoms with Crippen molar-refractivity contribution in [1.29, 1.82) is 0 Å². The van der Waals surface area contributed by atoms with Crippen LogP contribution in [-0.4, -0.2) is 26.1 Å². The molecule has 0 saturated heterocycles. The first-order valence-electron chi connectivity index (χ1n) is 8.01. The molecule has 0 bridgehead atoms. The Balaban J connectivity index is 1.85. The molecule has 1 amide bonds. The first-order chi connectivity index (χ1) is 12.3. The van der Waals surface area contributed by atoms with Crippen LogP contribution in [0.4, 0.5) is 5.69 Å². The Bertz CT molecular complexity index is 853. The fraction of sp³-hybridized carbons (Fsp3) is 0.278. The van der Waals surface area contributed by atoms with Gasteiger partial charge in [0, 0.05) is 22.5 Å². The lowest BCUT2D eigenvalue weighted by molar-refractivity contribution is -0.113. The molecule has 0 heterocycles. The Morgan fingerprint density at radius 3 is 2.46 bits per heavy atom. The number of hydrogen-bond donors (Lipinski definition) is 2. The number of amides is 1. The normalized spacial score (nSPS) is 11.5. The molecule has 2 rings (SSSR count). The van der Waals surface area contributed by atoms with Crippen LogP contribution >= 0.6 is 23.4 Å². The highest BCUT2D eigenvalue weighted by molar-refractivity contribution is 7.99. The zero-order valence-electron chi connectivity index (χ0n) is 14.5. The molecule has 140 valence electrons. The van der Waals surface area contributed by atoms with Gasteiger partial charge in [-0.15, -0.1) is 11.8 Å². The second-order valence-corrected chi connectivity index (χ2v) is 9.11. The lowest BCUT2D eigenvalue weighted by Gasteiger charge is -2.10. The molecule has 0 aliphatic heterocycles. The van der Waals surface area contributed by atoms with Crippen LogP contribution in [0.15, 0.2) is 53.4 Å². The van der Waals surface area contributed by atoms with Gasteiger partial charge < -0.3 is 5.32 Å². The van der Waals surface area contributed by atoms with Crippen molar-refractivity contribution in [3.63, 3.8) is 0 Å². The summed E-state index contributed by atoms with van der Waals surface area (Å²) in [5.41, 5.74) is 1.62. The Morgan fingerprint density at radius 2 is 1.85 bits per heavy atom. The van der Waals surface area contributed by atoms with Gasteiger partial charge in [0.05, 0.1) is 10.6 Å². The molecule has 0 saturated carbocycles. The average molecular weight is 413 g/mol. The largest absolute Gasteiger partial charge is 0.325 e. The first-order valence-corrected chi connectivity index (χ1v) is 11.0. The van der Waals surface area contributed by atoms with E-state index in [0.29, 0.717) is 22.2 Å². The van der Waals surface area contributed by atoms with Crippen molar-refractivity contribution in [3.8, 4) is 0 Å². The van der Waals surface area contributed by atoms with Crippen LogP contribution in [0.5, 0.6) is 0 Å². The molecule has 0 atom stereocenters.